The Hall–Kier alpha value is -2.33. The second kappa shape index (κ2) is 4.98. The van der Waals surface area contributed by atoms with Gasteiger partial charge in [0.2, 0.25) is 15.0 Å². The fraction of sp³-hybridized carbons (Fsp3) is 0.231. The molecule has 0 aliphatic carbocycles. The van der Waals surface area contributed by atoms with E-state index in [1.54, 1.807) is 18.2 Å². The van der Waals surface area contributed by atoms with Crippen LogP contribution in [-0.2, 0) is 14.6 Å². The summed E-state index contributed by atoms with van der Waals surface area (Å²) in [6.45, 7) is 1.54. The summed E-state index contributed by atoms with van der Waals surface area (Å²) in [6, 6.07) is 4.89. The van der Waals surface area contributed by atoms with Crippen LogP contribution in [0, 0.1) is 12.3 Å². The number of fused-ring (bicyclic) bond motifs is 1. The smallest absolute Gasteiger partial charge is 0.360 e. The minimum absolute atomic E-state index is 0.0758. The monoisotopic (exact) mass is 292 g/mol. The number of carbonyl (C=O) groups excluding carboxylic acids is 1. The molecule has 0 fully saturated rings. The molecule has 2 rings (SSSR count). The number of imidazole rings is 1. The summed E-state index contributed by atoms with van der Waals surface area (Å²) in [5, 5.41) is -0.214. The number of hydrogen-bond acceptors (Lipinski definition) is 5. The lowest BCUT2D eigenvalue weighted by molar-refractivity contribution is 0.0434. The highest BCUT2D eigenvalue weighted by molar-refractivity contribution is 7.90. The lowest BCUT2D eigenvalue weighted by Gasteiger charge is -2.05. The summed E-state index contributed by atoms with van der Waals surface area (Å²) >= 11 is 0. The minimum Gasteiger partial charge on any atom is -0.445 e. The van der Waals surface area contributed by atoms with Gasteiger partial charge in [0.1, 0.15) is 0 Å². The number of hydrogen-bond donors (Lipinski definition) is 0. The van der Waals surface area contributed by atoms with Crippen molar-refractivity contribution in [3.8, 4) is 12.3 Å². The number of nitrogens with zero attached hydrogens (tertiary/aromatic N) is 2. The lowest BCUT2D eigenvalue weighted by atomic mass is 10.3. The average molecular weight is 292 g/mol. The Morgan fingerprint density at radius 2 is 2.20 bits per heavy atom. The molecule has 2 aromatic heterocycles. The number of rotatable bonds is 3. The van der Waals surface area contributed by atoms with Crippen LogP contribution in [0.1, 0.15) is 17.4 Å². The van der Waals surface area contributed by atoms with Gasteiger partial charge in [-0.25, -0.2) is 18.2 Å². The van der Waals surface area contributed by atoms with Gasteiger partial charge in [-0.2, -0.15) is 0 Å². The topological polar surface area (TPSA) is 77.7 Å². The fourth-order valence-corrected chi connectivity index (χ4v) is 2.45. The zero-order chi connectivity index (χ0) is 14.9. The first-order valence-electron chi connectivity index (χ1n) is 5.69. The molecule has 2 aromatic rings. The quantitative estimate of drug-likeness (QED) is 0.621. The van der Waals surface area contributed by atoms with Gasteiger partial charge >= 0.3 is 5.97 Å². The molecule has 0 aliphatic rings. The van der Waals surface area contributed by atoms with Gasteiger partial charge in [0.05, 0.1) is 5.52 Å². The first-order chi connectivity index (χ1) is 9.34. The van der Waals surface area contributed by atoms with E-state index >= 15 is 0 Å². The zero-order valence-electron chi connectivity index (χ0n) is 10.9. The molecule has 104 valence electrons. The molecule has 1 atom stereocenters. The second-order valence-electron chi connectivity index (χ2n) is 4.19. The lowest BCUT2D eigenvalue weighted by Crippen LogP contribution is -2.14. The summed E-state index contributed by atoms with van der Waals surface area (Å²) in [6.07, 6.45) is 6.95. The van der Waals surface area contributed by atoms with Crippen molar-refractivity contribution in [1.82, 2.24) is 9.38 Å². The Labute approximate surface area is 116 Å². The number of sulfone groups is 1. The highest BCUT2D eigenvalue weighted by Crippen LogP contribution is 2.18. The van der Waals surface area contributed by atoms with Crippen molar-refractivity contribution in [3.63, 3.8) is 0 Å². The van der Waals surface area contributed by atoms with Gasteiger partial charge < -0.3 is 4.74 Å². The van der Waals surface area contributed by atoms with Crippen molar-refractivity contribution in [3.05, 3.63) is 30.1 Å². The predicted octanol–water partition coefficient (Wildman–Crippen LogP) is 0.916. The van der Waals surface area contributed by atoms with Gasteiger partial charge in [-0.1, -0.05) is 12.0 Å². The first kappa shape index (κ1) is 14.1. The SMILES string of the molecule is C#C[C@H](C)OC(=O)c1nc(S(C)(=O)=O)n2ccccc12. The Bertz CT molecular complexity index is 814. The summed E-state index contributed by atoms with van der Waals surface area (Å²) in [7, 11) is -3.57. The standard InChI is InChI=1S/C13H12N2O4S/c1-4-9(2)19-12(16)11-10-7-5-6-8-15(10)13(14-11)20(3,17)18/h1,5-9H,2-3H3/t9-/m0/s1. The van der Waals surface area contributed by atoms with Gasteiger partial charge in [-0.15, -0.1) is 6.42 Å². The van der Waals surface area contributed by atoms with Crippen molar-refractivity contribution in [2.45, 2.75) is 18.2 Å². The average Bonchev–Trinajstić information content (AvgIpc) is 2.78. The molecular formula is C13H12N2O4S. The van der Waals surface area contributed by atoms with Crippen molar-refractivity contribution in [2.75, 3.05) is 6.26 Å². The molecule has 0 bridgehead atoms. The second-order valence-corrected chi connectivity index (χ2v) is 6.09. The number of ether oxygens (including phenoxy) is 1. The van der Waals surface area contributed by atoms with Crippen LogP contribution in [0.3, 0.4) is 0 Å². The molecular weight excluding hydrogens is 280 g/mol. The molecule has 0 N–H and O–H groups in total. The minimum atomic E-state index is -3.57. The van der Waals surface area contributed by atoms with Crippen molar-refractivity contribution < 1.29 is 17.9 Å². The third-order valence-electron chi connectivity index (χ3n) is 2.56. The highest BCUT2D eigenvalue weighted by atomic mass is 32.2. The van der Waals surface area contributed by atoms with E-state index < -0.39 is 21.9 Å². The number of terminal acetylenes is 1. The molecule has 0 unspecified atom stereocenters. The first-order valence-corrected chi connectivity index (χ1v) is 7.58. The van der Waals surface area contributed by atoms with Crippen LogP contribution in [-0.4, -0.2) is 36.1 Å². The fourth-order valence-electron chi connectivity index (χ4n) is 1.67. The van der Waals surface area contributed by atoms with Crippen LogP contribution >= 0.6 is 0 Å². The van der Waals surface area contributed by atoms with Gasteiger partial charge in [-0.05, 0) is 19.1 Å². The highest BCUT2D eigenvalue weighted by Gasteiger charge is 2.24. The van der Waals surface area contributed by atoms with Gasteiger partial charge in [-0.3, -0.25) is 4.40 Å². The van der Waals surface area contributed by atoms with Crippen molar-refractivity contribution in [1.29, 1.82) is 0 Å². The van der Waals surface area contributed by atoms with Crippen molar-refractivity contribution in [2.24, 2.45) is 0 Å². The van der Waals surface area contributed by atoms with E-state index in [4.69, 9.17) is 11.2 Å². The molecule has 2 heterocycles. The Morgan fingerprint density at radius 3 is 2.80 bits per heavy atom. The van der Waals surface area contributed by atoms with E-state index in [2.05, 4.69) is 10.9 Å². The Morgan fingerprint density at radius 1 is 1.50 bits per heavy atom. The largest absolute Gasteiger partial charge is 0.445 e. The normalized spacial score (nSPS) is 12.8. The van der Waals surface area contributed by atoms with E-state index in [0.29, 0.717) is 5.52 Å². The van der Waals surface area contributed by atoms with Crippen LogP contribution < -0.4 is 0 Å². The molecule has 0 aromatic carbocycles. The molecule has 6 nitrogen and oxygen atoms in total. The van der Waals surface area contributed by atoms with Crippen LogP contribution in [0.2, 0.25) is 0 Å². The number of pyridine rings is 1. The molecule has 20 heavy (non-hydrogen) atoms. The maximum absolute atomic E-state index is 12.0. The van der Waals surface area contributed by atoms with E-state index in [1.807, 2.05) is 0 Å². The molecule has 0 saturated heterocycles. The van der Waals surface area contributed by atoms with Crippen LogP contribution in [0.15, 0.2) is 29.6 Å². The summed E-state index contributed by atoms with van der Waals surface area (Å²) in [5.74, 6) is 1.50. The van der Waals surface area contributed by atoms with E-state index in [-0.39, 0.29) is 10.9 Å². The number of aromatic nitrogens is 2. The van der Waals surface area contributed by atoms with Gasteiger partial charge in [0.15, 0.2) is 11.8 Å². The molecule has 0 radical (unpaired) electrons. The van der Waals surface area contributed by atoms with E-state index in [1.165, 1.54) is 17.5 Å². The van der Waals surface area contributed by atoms with E-state index in [9.17, 15) is 13.2 Å². The molecule has 7 heteroatoms. The molecule has 0 aliphatic heterocycles. The maximum Gasteiger partial charge on any atom is 0.360 e. The third-order valence-corrected chi connectivity index (χ3v) is 3.51. The summed E-state index contributed by atoms with van der Waals surface area (Å²) in [4.78, 5) is 15.9. The predicted molar refractivity (Wildman–Crippen MR) is 72.0 cm³/mol. The molecule has 0 amide bonds. The van der Waals surface area contributed by atoms with Gasteiger partial charge in [0, 0.05) is 12.5 Å². The maximum atomic E-state index is 12.0. The molecule has 0 spiro atoms. The zero-order valence-corrected chi connectivity index (χ0v) is 11.7. The van der Waals surface area contributed by atoms with E-state index in [0.717, 1.165) is 6.26 Å². The molecule has 0 saturated carbocycles. The van der Waals surface area contributed by atoms with Crippen LogP contribution in [0.25, 0.3) is 5.52 Å². The number of carbonyl (C=O) groups is 1. The summed E-state index contributed by atoms with van der Waals surface area (Å²) < 4.78 is 29.7. The van der Waals surface area contributed by atoms with Crippen LogP contribution in [0.4, 0.5) is 0 Å². The van der Waals surface area contributed by atoms with Crippen LogP contribution in [0.5, 0.6) is 0 Å². The number of esters is 1. The third kappa shape index (κ3) is 2.51. The van der Waals surface area contributed by atoms with Crippen molar-refractivity contribution >= 4 is 21.3 Å². The Kier molecular flexibility index (Phi) is 3.51. The Balaban J connectivity index is 2.61. The summed E-state index contributed by atoms with van der Waals surface area (Å²) in [5.41, 5.74) is 0.273. The van der Waals surface area contributed by atoms with Gasteiger partial charge in [0.25, 0.3) is 0 Å².